The molecule has 0 saturated carbocycles. The Kier molecular flexibility index (Phi) is 2.99. The number of anilines is 1. The zero-order chi connectivity index (χ0) is 12.4. The number of hydrogen-bond acceptors (Lipinski definition) is 5. The van der Waals surface area contributed by atoms with Crippen molar-refractivity contribution in [1.29, 1.82) is 0 Å². The molecule has 92 valence electrons. The lowest BCUT2D eigenvalue weighted by Gasteiger charge is -2.20. The van der Waals surface area contributed by atoms with Gasteiger partial charge in [0.2, 0.25) is 5.91 Å². The third-order valence-electron chi connectivity index (χ3n) is 2.76. The van der Waals surface area contributed by atoms with Crippen LogP contribution in [0.1, 0.15) is 23.3 Å². The number of aromatic nitrogens is 1. The lowest BCUT2D eigenvalue weighted by atomic mass is 10.2. The molecular formula is C10H13N3O4. The van der Waals surface area contributed by atoms with Gasteiger partial charge in [0.25, 0.3) is 6.01 Å². The van der Waals surface area contributed by atoms with E-state index in [1.54, 1.807) is 11.9 Å². The van der Waals surface area contributed by atoms with Crippen LogP contribution in [0.25, 0.3) is 0 Å². The molecule has 0 spiro atoms. The monoisotopic (exact) mass is 239 g/mol. The maximum absolute atomic E-state index is 11.6. The minimum absolute atomic E-state index is 0.113. The topological polar surface area (TPSA) is 95.7 Å². The number of amides is 1. The molecule has 0 aromatic carbocycles. The fourth-order valence-corrected chi connectivity index (χ4v) is 1.93. The van der Waals surface area contributed by atoms with E-state index in [0.717, 1.165) is 12.7 Å². The summed E-state index contributed by atoms with van der Waals surface area (Å²) in [4.78, 5) is 27.8. The van der Waals surface area contributed by atoms with E-state index in [4.69, 9.17) is 9.52 Å². The van der Waals surface area contributed by atoms with Crippen LogP contribution in [-0.4, -0.2) is 41.6 Å². The second-order valence-electron chi connectivity index (χ2n) is 3.79. The lowest BCUT2D eigenvalue weighted by Crippen LogP contribution is -2.42. The summed E-state index contributed by atoms with van der Waals surface area (Å²) in [5, 5.41) is 11.3. The average Bonchev–Trinajstić information content (AvgIpc) is 2.95. The van der Waals surface area contributed by atoms with Gasteiger partial charge in [-0.3, -0.25) is 4.79 Å². The number of carbonyl (C=O) groups is 2. The molecule has 2 heterocycles. The predicted molar refractivity (Wildman–Crippen MR) is 57.9 cm³/mol. The Bertz CT molecular complexity index is 443. The average molecular weight is 239 g/mol. The SMILES string of the molecule is CNC(=O)C1CCCN1c1nc(C(=O)O)co1. The highest BCUT2D eigenvalue weighted by Crippen LogP contribution is 2.24. The third-order valence-corrected chi connectivity index (χ3v) is 2.76. The molecule has 2 rings (SSSR count). The fraction of sp³-hybridized carbons (Fsp3) is 0.500. The largest absolute Gasteiger partial charge is 0.476 e. The van der Waals surface area contributed by atoms with E-state index in [9.17, 15) is 9.59 Å². The quantitative estimate of drug-likeness (QED) is 0.776. The van der Waals surface area contributed by atoms with Gasteiger partial charge < -0.3 is 19.7 Å². The molecule has 1 fully saturated rings. The van der Waals surface area contributed by atoms with E-state index in [1.807, 2.05) is 0 Å². The fourth-order valence-electron chi connectivity index (χ4n) is 1.93. The van der Waals surface area contributed by atoms with Crippen molar-refractivity contribution in [2.75, 3.05) is 18.5 Å². The molecule has 1 aliphatic rings. The van der Waals surface area contributed by atoms with Gasteiger partial charge in [-0.2, -0.15) is 4.98 Å². The Morgan fingerprint density at radius 2 is 2.41 bits per heavy atom. The number of hydrogen-bond donors (Lipinski definition) is 2. The molecule has 0 bridgehead atoms. The van der Waals surface area contributed by atoms with Crippen LogP contribution in [-0.2, 0) is 4.79 Å². The molecule has 2 N–H and O–H groups in total. The highest BCUT2D eigenvalue weighted by atomic mass is 16.4. The zero-order valence-corrected chi connectivity index (χ0v) is 9.34. The summed E-state index contributed by atoms with van der Waals surface area (Å²) in [6.07, 6.45) is 2.64. The number of carbonyl (C=O) groups excluding carboxylic acids is 1. The summed E-state index contributed by atoms with van der Waals surface area (Å²) in [5.41, 5.74) is -0.150. The molecule has 7 nitrogen and oxygen atoms in total. The van der Waals surface area contributed by atoms with Gasteiger partial charge in [-0.1, -0.05) is 0 Å². The summed E-state index contributed by atoms with van der Waals surface area (Å²) in [7, 11) is 1.57. The first kappa shape index (κ1) is 11.4. The number of likely N-dealkylation sites (N-methyl/N-ethyl adjacent to an activating group) is 1. The van der Waals surface area contributed by atoms with Gasteiger partial charge in [0.1, 0.15) is 12.3 Å². The molecule has 0 aliphatic carbocycles. The summed E-state index contributed by atoms with van der Waals surface area (Å²) >= 11 is 0. The van der Waals surface area contributed by atoms with E-state index >= 15 is 0 Å². The van der Waals surface area contributed by atoms with Crippen molar-refractivity contribution in [1.82, 2.24) is 10.3 Å². The van der Waals surface area contributed by atoms with Crippen LogP contribution in [0, 0.1) is 0 Å². The van der Waals surface area contributed by atoms with Crippen LogP contribution in [0.4, 0.5) is 6.01 Å². The van der Waals surface area contributed by atoms with Crippen LogP contribution >= 0.6 is 0 Å². The standard InChI is InChI=1S/C10H13N3O4/c1-11-8(14)7-3-2-4-13(7)10-12-6(5-17-10)9(15)16/h5,7H,2-4H2,1H3,(H,11,14)(H,15,16). The van der Waals surface area contributed by atoms with Gasteiger partial charge >= 0.3 is 5.97 Å². The second-order valence-corrected chi connectivity index (χ2v) is 3.79. The first-order valence-corrected chi connectivity index (χ1v) is 5.30. The normalized spacial score (nSPS) is 19.4. The van der Waals surface area contributed by atoms with E-state index in [0.29, 0.717) is 13.0 Å². The molecule has 0 radical (unpaired) electrons. The molecule has 1 saturated heterocycles. The van der Waals surface area contributed by atoms with Crippen LogP contribution in [0.15, 0.2) is 10.7 Å². The summed E-state index contributed by atoms with van der Waals surface area (Å²) in [6.45, 7) is 0.637. The maximum atomic E-state index is 11.6. The van der Waals surface area contributed by atoms with Gasteiger partial charge in [0.15, 0.2) is 5.69 Å². The molecule has 7 heteroatoms. The highest BCUT2D eigenvalue weighted by molar-refractivity contribution is 5.86. The molecule has 1 aromatic heterocycles. The highest BCUT2D eigenvalue weighted by Gasteiger charge is 2.33. The van der Waals surface area contributed by atoms with Crippen molar-refractivity contribution in [3.8, 4) is 0 Å². The minimum Gasteiger partial charge on any atom is -0.476 e. The van der Waals surface area contributed by atoms with Crippen LogP contribution in [0.2, 0.25) is 0 Å². The minimum atomic E-state index is -1.14. The number of nitrogens with zero attached hydrogens (tertiary/aromatic N) is 2. The molecule has 1 amide bonds. The molecule has 1 atom stereocenters. The number of rotatable bonds is 3. The van der Waals surface area contributed by atoms with Crippen molar-refractivity contribution in [3.05, 3.63) is 12.0 Å². The molecule has 1 aromatic rings. The Hall–Kier alpha value is -2.05. The van der Waals surface area contributed by atoms with E-state index in [2.05, 4.69) is 10.3 Å². The molecule has 17 heavy (non-hydrogen) atoms. The van der Waals surface area contributed by atoms with Crippen LogP contribution in [0.3, 0.4) is 0 Å². The van der Waals surface area contributed by atoms with Gasteiger partial charge in [0.05, 0.1) is 0 Å². The predicted octanol–water partition coefficient (Wildman–Crippen LogP) is 0.0876. The Labute approximate surface area is 97.4 Å². The van der Waals surface area contributed by atoms with Gasteiger partial charge in [-0.15, -0.1) is 0 Å². The van der Waals surface area contributed by atoms with Crippen molar-refractivity contribution < 1.29 is 19.1 Å². The first-order chi connectivity index (χ1) is 8.13. The number of nitrogens with one attached hydrogen (secondary N) is 1. The van der Waals surface area contributed by atoms with Crippen molar-refractivity contribution in [2.24, 2.45) is 0 Å². The van der Waals surface area contributed by atoms with E-state index < -0.39 is 5.97 Å². The van der Waals surface area contributed by atoms with Crippen LogP contribution < -0.4 is 10.2 Å². The van der Waals surface area contributed by atoms with Gasteiger partial charge in [-0.25, -0.2) is 4.79 Å². The van der Waals surface area contributed by atoms with Crippen molar-refractivity contribution in [3.63, 3.8) is 0 Å². The third kappa shape index (κ3) is 2.08. The Balaban J connectivity index is 2.20. The van der Waals surface area contributed by atoms with E-state index in [-0.39, 0.29) is 23.7 Å². The molecular weight excluding hydrogens is 226 g/mol. The smallest absolute Gasteiger partial charge is 0.357 e. The van der Waals surface area contributed by atoms with Crippen LogP contribution in [0.5, 0.6) is 0 Å². The first-order valence-electron chi connectivity index (χ1n) is 5.30. The maximum Gasteiger partial charge on any atom is 0.357 e. The zero-order valence-electron chi connectivity index (χ0n) is 9.34. The van der Waals surface area contributed by atoms with Crippen molar-refractivity contribution in [2.45, 2.75) is 18.9 Å². The lowest BCUT2D eigenvalue weighted by molar-refractivity contribution is -0.121. The van der Waals surface area contributed by atoms with Gasteiger partial charge in [0, 0.05) is 13.6 Å². The number of aromatic carboxylic acids is 1. The summed E-state index contributed by atoms with van der Waals surface area (Å²) in [5.74, 6) is -1.26. The van der Waals surface area contributed by atoms with E-state index in [1.165, 1.54) is 0 Å². The van der Waals surface area contributed by atoms with Crippen molar-refractivity contribution >= 4 is 17.9 Å². The summed E-state index contributed by atoms with van der Waals surface area (Å²) < 4.78 is 5.09. The molecule has 1 unspecified atom stereocenters. The van der Waals surface area contributed by atoms with Gasteiger partial charge in [-0.05, 0) is 12.8 Å². The second kappa shape index (κ2) is 4.44. The number of carboxylic acids is 1. The Morgan fingerprint density at radius 1 is 1.65 bits per heavy atom. The summed E-state index contributed by atoms with van der Waals surface area (Å²) in [6, 6.07) is -0.145. The number of carboxylic acid groups (broad SMARTS) is 1. The number of oxazole rings is 1. The Morgan fingerprint density at radius 3 is 3.00 bits per heavy atom. The molecule has 1 aliphatic heterocycles.